The highest BCUT2D eigenvalue weighted by molar-refractivity contribution is 5.20. The summed E-state index contributed by atoms with van der Waals surface area (Å²) in [5.41, 5.74) is 0.930. The molecule has 0 radical (unpaired) electrons. The SMILES string of the molecule is OCC1(Cc2ccccc2F)CN(Cc2cccnc2)CCO1. The van der Waals surface area contributed by atoms with Gasteiger partial charge in [0.05, 0.1) is 13.2 Å². The Morgan fingerprint density at radius 3 is 2.87 bits per heavy atom. The Morgan fingerprint density at radius 1 is 1.26 bits per heavy atom. The van der Waals surface area contributed by atoms with Gasteiger partial charge in [-0.05, 0) is 23.3 Å². The molecule has 4 nitrogen and oxygen atoms in total. The number of halogens is 1. The third-order valence-electron chi connectivity index (χ3n) is 4.22. The molecule has 1 saturated heterocycles. The van der Waals surface area contributed by atoms with Gasteiger partial charge < -0.3 is 9.84 Å². The first-order chi connectivity index (χ1) is 11.2. The van der Waals surface area contributed by atoms with Crippen molar-refractivity contribution in [2.24, 2.45) is 0 Å². The Kier molecular flexibility index (Phi) is 5.00. The predicted octanol–water partition coefficient (Wildman–Crippen LogP) is 2.03. The maximum atomic E-state index is 13.9. The molecule has 1 aliphatic heterocycles. The highest BCUT2D eigenvalue weighted by Crippen LogP contribution is 2.25. The molecular formula is C18H21FN2O2. The van der Waals surface area contributed by atoms with E-state index in [1.165, 1.54) is 6.07 Å². The molecule has 0 amide bonds. The fourth-order valence-electron chi connectivity index (χ4n) is 3.06. The summed E-state index contributed by atoms with van der Waals surface area (Å²) < 4.78 is 19.8. The first-order valence-corrected chi connectivity index (χ1v) is 7.80. The van der Waals surface area contributed by atoms with Gasteiger partial charge in [0.1, 0.15) is 11.4 Å². The maximum Gasteiger partial charge on any atom is 0.126 e. The molecule has 1 N–H and O–H groups in total. The third-order valence-corrected chi connectivity index (χ3v) is 4.22. The molecule has 1 unspecified atom stereocenters. The molecule has 23 heavy (non-hydrogen) atoms. The van der Waals surface area contributed by atoms with Crippen LogP contribution in [0.5, 0.6) is 0 Å². The summed E-state index contributed by atoms with van der Waals surface area (Å²) in [6.07, 6.45) is 3.95. The number of pyridine rings is 1. The lowest BCUT2D eigenvalue weighted by atomic mass is 9.92. The summed E-state index contributed by atoms with van der Waals surface area (Å²) >= 11 is 0. The van der Waals surface area contributed by atoms with Crippen molar-refractivity contribution in [3.63, 3.8) is 0 Å². The molecule has 1 fully saturated rings. The van der Waals surface area contributed by atoms with Crippen LogP contribution in [0.25, 0.3) is 0 Å². The number of hydrogen-bond acceptors (Lipinski definition) is 4. The van der Waals surface area contributed by atoms with Gasteiger partial charge in [-0.15, -0.1) is 0 Å². The van der Waals surface area contributed by atoms with Crippen molar-refractivity contribution in [1.82, 2.24) is 9.88 Å². The second-order valence-electron chi connectivity index (χ2n) is 6.03. The van der Waals surface area contributed by atoms with Crippen molar-refractivity contribution in [2.75, 3.05) is 26.3 Å². The highest BCUT2D eigenvalue weighted by Gasteiger charge is 2.37. The predicted molar refractivity (Wildman–Crippen MR) is 85.4 cm³/mol. The average Bonchev–Trinajstić information content (AvgIpc) is 2.58. The summed E-state index contributed by atoms with van der Waals surface area (Å²) in [4.78, 5) is 6.35. The van der Waals surface area contributed by atoms with Gasteiger partial charge in [-0.2, -0.15) is 0 Å². The molecule has 5 heteroatoms. The lowest BCUT2D eigenvalue weighted by Gasteiger charge is -2.42. The minimum absolute atomic E-state index is 0.134. The van der Waals surface area contributed by atoms with E-state index in [0.717, 1.165) is 18.7 Å². The van der Waals surface area contributed by atoms with Crippen LogP contribution in [0.3, 0.4) is 0 Å². The minimum Gasteiger partial charge on any atom is -0.393 e. The Hall–Kier alpha value is -1.82. The van der Waals surface area contributed by atoms with Gasteiger partial charge in [-0.25, -0.2) is 4.39 Å². The third kappa shape index (κ3) is 3.93. The van der Waals surface area contributed by atoms with E-state index < -0.39 is 5.60 Å². The van der Waals surface area contributed by atoms with Gasteiger partial charge in [-0.1, -0.05) is 24.3 Å². The summed E-state index contributed by atoms with van der Waals surface area (Å²) in [7, 11) is 0. The molecule has 1 aromatic carbocycles. The fourth-order valence-corrected chi connectivity index (χ4v) is 3.06. The van der Waals surface area contributed by atoms with Crippen molar-refractivity contribution < 1.29 is 14.2 Å². The Labute approximate surface area is 135 Å². The molecule has 3 rings (SSSR count). The standard InChI is InChI=1S/C18H21FN2O2/c19-17-6-2-1-5-16(17)10-18(14-22)13-21(8-9-23-18)12-15-4-3-7-20-11-15/h1-7,11,22H,8-10,12-14H2. The quantitative estimate of drug-likeness (QED) is 0.917. The van der Waals surface area contributed by atoms with Crippen LogP contribution in [-0.4, -0.2) is 46.9 Å². The van der Waals surface area contributed by atoms with Gasteiger partial charge in [0.25, 0.3) is 0 Å². The summed E-state index contributed by atoms with van der Waals surface area (Å²) in [6.45, 7) is 2.48. The Morgan fingerprint density at radius 2 is 2.13 bits per heavy atom. The lowest BCUT2D eigenvalue weighted by molar-refractivity contribution is -0.134. The number of ether oxygens (including phenoxy) is 1. The zero-order valence-electron chi connectivity index (χ0n) is 13.0. The van der Waals surface area contributed by atoms with Crippen LogP contribution >= 0.6 is 0 Å². The fraction of sp³-hybridized carbons (Fsp3) is 0.389. The topological polar surface area (TPSA) is 45.6 Å². The van der Waals surface area contributed by atoms with Crippen LogP contribution in [0.2, 0.25) is 0 Å². The number of benzene rings is 1. The van der Waals surface area contributed by atoms with Crippen molar-refractivity contribution in [3.8, 4) is 0 Å². The van der Waals surface area contributed by atoms with Crippen LogP contribution in [-0.2, 0) is 17.7 Å². The van der Waals surface area contributed by atoms with Crippen LogP contribution < -0.4 is 0 Å². The molecule has 1 aromatic heterocycles. The average molecular weight is 316 g/mol. The van der Waals surface area contributed by atoms with E-state index >= 15 is 0 Å². The summed E-state index contributed by atoms with van der Waals surface area (Å²) in [6, 6.07) is 10.6. The monoisotopic (exact) mass is 316 g/mol. The largest absolute Gasteiger partial charge is 0.393 e. The maximum absolute atomic E-state index is 13.9. The molecule has 0 spiro atoms. The van der Waals surface area contributed by atoms with Crippen molar-refractivity contribution in [2.45, 2.75) is 18.6 Å². The molecule has 0 aliphatic carbocycles. The van der Waals surface area contributed by atoms with E-state index in [2.05, 4.69) is 9.88 Å². The Balaban J connectivity index is 1.72. The molecule has 1 atom stereocenters. The van der Waals surface area contributed by atoms with Gasteiger partial charge in [-0.3, -0.25) is 9.88 Å². The second-order valence-corrected chi connectivity index (χ2v) is 6.03. The van der Waals surface area contributed by atoms with Crippen LogP contribution in [0.4, 0.5) is 4.39 Å². The zero-order valence-corrected chi connectivity index (χ0v) is 13.0. The van der Waals surface area contributed by atoms with Gasteiger partial charge in [0, 0.05) is 38.4 Å². The number of aliphatic hydroxyl groups is 1. The van der Waals surface area contributed by atoms with E-state index in [1.807, 2.05) is 18.3 Å². The van der Waals surface area contributed by atoms with E-state index in [-0.39, 0.29) is 12.4 Å². The number of rotatable bonds is 5. The van der Waals surface area contributed by atoms with Gasteiger partial charge in [0.15, 0.2) is 0 Å². The normalized spacial score (nSPS) is 22.2. The molecule has 0 bridgehead atoms. The Bertz CT molecular complexity index is 638. The zero-order chi connectivity index (χ0) is 16.1. The van der Waals surface area contributed by atoms with Crippen LogP contribution in [0.1, 0.15) is 11.1 Å². The smallest absolute Gasteiger partial charge is 0.126 e. The first kappa shape index (κ1) is 16.1. The molecule has 2 aromatic rings. The minimum atomic E-state index is -0.761. The van der Waals surface area contributed by atoms with Gasteiger partial charge in [0.2, 0.25) is 0 Å². The van der Waals surface area contributed by atoms with E-state index in [9.17, 15) is 9.50 Å². The van der Waals surface area contributed by atoms with Crippen LogP contribution in [0, 0.1) is 5.82 Å². The number of morpholine rings is 1. The van der Waals surface area contributed by atoms with Gasteiger partial charge >= 0.3 is 0 Å². The van der Waals surface area contributed by atoms with Crippen molar-refractivity contribution in [3.05, 3.63) is 65.7 Å². The van der Waals surface area contributed by atoms with Crippen LogP contribution in [0.15, 0.2) is 48.8 Å². The number of nitrogens with zero attached hydrogens (tertiary/aromatic N) is 2. The molecular weight excluding hydrogens is 295 g/mol. The summed E-state index contributed by atoms with van der Waals surface area (Å²) in [5, 5.41) is 9.89. The van der Waals surface area contributed by atoms with Crippen molar-refractivity contribution >= 4 is 0 Å². The van der Waals surface area contributed by atoms with E-state index in [4.69, 9.17) is 4.74 Å². The second kappa shape index (κ2) is 7.17. The van der Waals surface area contributed by atoms with E-state index in [1.54, 1.807) is 24.4 Å². The number of hydrogen-bond donors (Lipinski definition) is 1. The number of aliphatic hydroxyl groups excluding tert-OH is 1. The molecule has 1 aliphatic rings. The lowest BCUT2D eigenvalue weighted by Crippen LogP contribution is -2.55. The first-order valence-electron chi connectivity index (χ1n) is 7.80. The highest BCUT2D eigenvalue weighted by atomic mass is 19.1. The van der Waals surface area contributed by atoms with Crippen molar-refractivity contribution in [1.29, 1.82) is 0 Å². The van der Waals surface area contributed by atoms with E-state index in [0.29, 0.717) is 25.1 Å². The number of aromatic nitrogens is 1. The molecule has 122 valence electrons. The summed E-state index contributed by atoms with van der Waals surface area (Å²) in [5.74, 6) is -0.256. The molecule has 2 heterocycles. The molecule has 0 saturated carbocycles.